The molecule has 2 rings (SSSR count). The van der Waals surface area contributed by atoms with E-state index in [0.717, 1.165) is 17.0 Å². The lowest BCUT2D eigenvalue weighted by molar-refractivity contribution is 0.00578. The number of halogens is 3. The molecule has 1 fully saturated rings. The minimum absolute atomic E-state index is 0.123. The molecule has 0 aromatic heterocycles. The van der Waals surface area contributed by atoms with Gasteiger partial charge in [-0.1, -0.05) is 0 Å². The molecule has 1 aliphatic rings. The third kappa shape index (κ3) is 3.77. The van der Waals surface area contributed by atoms with E-state index in [9.17, 15) is 18.0 Å². The smallest absolute Gasteiger partial charge is 0.465 e. The van der Waals surface area contributed by atoms with Crippen molar-refractivity contribution in [3.63, 3.8) is 0 Å². The summed E-state index contributed by atoms with van der Waals surface area (Å²) in [6.45, 7) is 6.74. The Morgan fingerprint density at radius 3 is 2.20 bits per heavy atom. The van der Waals surface area contributed by atoms with Gasteiger partial charge in [-0.05, 0) is 45.4 Å². The van der Waals surface area contributed by atoms with Gasteiger partial charge in [-0.15, -0.1) is 0 Å². The maximum atomic E-state index is 14.6. The van der Waals surface area contributed by atoms with Gasteiger partial charge in [-0.25, -0.2) is 18.0 Å². The molecular formula is C16H21BF3NO4. The first-order valence-electron chi connectivity index (χ1n) is 7.76. The second kappa shape index (κ2) is 6.53. The van der Waals surface area contributed by atoms with Gasteiger partial charge in [-0.2, -0.15) is 0 Å². The molecule has 1 saturated heterocycles. The summed E-state index contributed by atoms with van der Waals surface area (Å²) in [5.74, 6) is -0.912. The van der Waals surface area contributed by atoms with E-state index in [0.29, 0.717) is 0 Å². The predicted molar refractivity (Wildman–Crippen MR) is 86.6 cm³/mol. The van der Waals surface area contributed by atoms with Crippen LogP contribution in [-0.4, -0.2) is 41.5 Å². The lowest BCUT2D eigenvalue weighted by Crippen LogP contribution is -2.41. The lowest BCUT2D eigenvalue weighted by Gasteiger charge is -2.32. The SMILES string of the molecule is CN(Cc1cc(F)c(B2OC(C)(C)C(C)(C)O2)c(C(F)F)c1)C(=O)O. The maximum absolute atomic E-state index is 14.6. The van der Waals surface area contributed by atoms with Crippen molar-refractivity contribution in [1.29, 1.82) is 0 Å². The molecule has 0 aliphatic carbocycles. The maximum Gasteiger partial charge on any atom is 0.498 e. The molecule has 5 nitrogen and oxygen atoms in total. The number of carbonyl (C=O) groups is 1. The Balaban J connectivity index is 2.44. The van der Waals surface area contributed by atoms with E-state index >= 15 is 0 Å². The van der Waals surface area contributed by atoms with Gasteiger partial charge in [0.2, 0.25) is 0 Å². The van der Waals surface area contributed by atoms with Gasteiger partial charge in [0.05, 0.1) is 11.2 Å². The standard InChI is InChI=1S/C16H21BF3NO4/c1-15(2)16(3,4)25-17(24-15)12-10(13(19)20)6-9(7-11(12)18)8-21(5)14(22)23/h6-7,13H,8H2,1-5H3,(H,22,23). The van der Waals surface area contributed by atoms with E-state index in [4.69, 9.17) is 14.4 Å². The minimum atomic E-state index is -2.96. The van der Waals surface area contributed by atoms with Gasteiger partial charge in [0.1, 0.15) is 5.82 Å². The first-order valence-corrected chi connectivity index (χ1v) is 7.76. The summed E-state index contributed by atoms with van der Waals surface area (Å²) in [6.07, 6.45) is -4.20. The first kappa shape index (κ1) is 19.6. The molecule has 1 aromatic carbocycles. The van der Waals surface area contributed by atoms with E-state index in [-0.39, 0.29) is 17.6 Å². The zero-order valence-corrected chi connectivity index (χ0v) is 14.8. The molecule has 0 unspecified atom stereocenters. The fourth-order valence-corrected chi connectivity index (χ4v) is 2.52. The Morgan fingerprint density at radius 2 is 1.76 bits per heavy atom. The summed E-state index contributed by atoms with van der Waals surface area (Å²) in [6, 6.07) is 2.12. The summed E-state index contributed by atoms with van der Waals surface area (Å²) in [7, 11) is 0.00463. The second-order valence-electron chi connectivity index (χ2n) is 7.11. The van der Waals surface area contributed by atoms with Gasteiger partial charge < -0.3 is 19.3 Å². The van der Waals surface area contributed by atoms with E-state index < -0.39 is 42.2 Å². The van der Waals surface area contributed by atoms with Crippen LogP contribution in [0.2, 0.25) is 0 Å². The van der Waals surface area contributed by atoms with Crippen molar-refractivity contribution in [3.05, 3.63) is 29.1 Å². The minimum Gasteiger partial charge on any atom is -0.465 e. The van der Waals surface area contributed by atoms with E-state index in [1.807, 2.05) is 0 Å². The molecule has 1 aromatic rings. The molecule has 1 heterocycles. The topological polar surface area (TPSA) is 59.0 Å². The Labute approximate surface area is 144 Å². The van der Waals surface area contributed by atoms with E-state index in [1.54, 1.807) is 27.7 Å². The number of alkyl halides is 2. The van der Waals surface area contributed by atoms with Crippen LogP contribution in [-0.2, 0) is 15.9 Å². The number of nitrogens with zero attached hydrogens (tertiary/aromatic N) is 1. The number of benzene rings is 1. The number of amides is 1. The van der Waals surface area contributed by atoms with Gasteiger partial charge in [0, 0.05) is 24.6 Å². The molecular weight excluding hydrogens is 338 g/mol. The molecule has 9 heteroatoms. The number of hydrogen-bond acceptors (Lipinski definition) is 3. The third-order valence-corrected chi connectivity index (χ3v) is 4.69. The highest BCUT2D eigenvalue weighted by atomic mass is 19.3. The Bertz CT molecular complexity index is 666. The summed E-state index contributed by atoms with van der Waals surface area (Å²) >= 11 is 0. The molecule has 25 heavy (non-hydrogen) atoms. The average molecular weight is 359 g/mol. The van der Waals surface area contributed by atoms with Crippen LogP contribution in [0.3, 0.4) is 0 Å². The molecule has 138 valence electrons. The first-order chi connectivity index (χ1) is 11.4. The third-order valence-electron chi connectivity index (χ3n) is 4.69. The summed E-state index contributed by atoms with van der Waals surface area (Å²) in [5, 5.41) is 8.88. The average Bonchev–Trinajstić information content (AvgIpc) is 2.65. The molecule has 1 aliphatic heterocycles. The van der Waals surface area contributed by atoms with Crippen molar-refractivity contribution >= 4 is 18.7 Å². The molecule has 1 N–H and O–H groups in total. The molecule has 0 atom stereocenters. The van der Waals surface area contributed by atoms with Crippen LogP contribution in [0.5, 0.6) is 0 Å². The summed E-state index contributed by atoms with van der Waals surface area (Å²) in [5.41, 5.74) is -2.39. The Kier molecular flexibility index (Phi) is 5.12. The molecule has 0 radical (unpaired) electrons. The fourth-order valence-electron chi connectivity index (χ4n) is 2.52. The molecule has 0 saturated carbocycles. The van der Waals surface area contributed by atoms with Crippen LogP contribution < -0.4 is 5.46 Å². The highest BCUT2D eigenvalue weighted by Crippen LogP contribution is 2.37. The van der Waals surface area contributed by atoms with Crippen LogP contribution >= 0.6 is 0 Å². The largest absolute Gasteiger partial charge is 0.498 e. The van der Waals surface area contributed by atoms with Gasteiger partial charge in [0.25, 0.3) is 6.43 Å². The molecule has 1 amide bonds. The van der Waals surface area contributed by atoms with Crippen molar-refractivity contribution in [3.8, 4) is 0 Å². The number of hydrogen-bond donors (Lipinski definition) is 1. The monoisotopic (exact) mass is 359 g/mol. The van der Waals surface area contributed by atoms with Crippen molar-refractivity contribution in [1.82, 2.24) is 4.90 Å². The summed E-state index contributed by atoms with van der Waals surface area (Å²) in [4.78, 5) is 11.7. The van der Waals surface area contributed by atoms with Crippen molar-refractivity contribution in [2.24, 2.45) is 0 Å². The summed E-state index contributed by atoms with van der Waals surface area (Å²) < 4.78 is 53.0. The van der Waals surface area contributed by atoms with Gasteiger partial charge >= 0.3 is 13.2 Å². The number of carboxylic acid groups (broad SMARTS) is 1. The lowest BCUT2D eigenvalue weighted by atomic mass is 9.75. The molecule has 0 bridgehead atoms. The van der Waals surface area contributed by atoms with Gasteiger partial charge in [0.15, 0.2) is 0 Å². The second-order valence-corrected chi connectivity index (χ2v) is 7.11. The van der Waals surface area contributed by atoms with Crippen LogP contribution in [0, 0.1) is 5.82 Å². The van der Waals surface area contributed by atoms with Gasteiger partial charge in [-0.3, -0.25) is 0 Å². The van der Waals surface area contributed by atoms with E-state index in [1.165, 1.54) is 7.05 Å². The normalized spacial score (nSPS) is 18.7. The van der Waals surface area contributed by atoms with Crippen molar-refractivity contribution in [2.45, 2.75) is 51.9 Å². The molecule has 0 spiro atoms. The highest BCUT2D eigenvalue weighted by molar-refractivity contribution is 6.62. The Morgan fingerprint density at radius 1 is 1.24 bits per heavy atom. The van der Waals surface area contributed by atoms with Crippen molar-refractivity contribution in [2.75, 3.05) is 7.05 Å². The predicted octanol–water partition coefficient (Wildman–Crippen LogP) is 3.17. The van der Waals surface area contributed by atoms with Crippen LogP contribution in [0.25, 0.3) is 0 Å². The van der Waals surface area contributed by atoms with Crippen LogP contribution in [0.4, 0.5) is 18.0 Å². The van der Waals surface area contributed by atoms with Crippen LogP contribution in [0.1, 0.15) is 45.2 Å². The quantitative estimate of drug-likeness (QED) is 0.839. The Hall–Kier alpha value is -1.74. The fraction of sp³-hybridized carbons (Fsp3) is 0.562. The van der Waals surface area contributed by atoms with Crippen LogP contribution in [0.15, 0.2) is 12.1 Å². The van der Waals surface area contributed by atoms with E-state index in [2.05, 4.69) is 0 Å². The highest BCUT2D eigenvalue weighted by Gasteiger charge is 2.53. The van der Waals surface area contributed by atoms with Crippen molar-refractivity contribution < 1.29 is 32.4 Å². The zero-order valence-electron chi connectivity index (χ0n) is 14.8. The zero-order chi connectivity index (χ0) is 19.2. The number of rotatable bonds is 4.